The first kappa shape index (κ1) is 12.2. The zero-order chi connectivity index (χ0) is 13.1. The van der Waals surface area contributed by atoms with Crippen molar-refractivity contribution in [1.29, 1.82) is 0 Å². The van der Waals surface area contributed by atoms with Crippen LogP contribution in [0.3, 0.4) is 0 Å². The van der Waals surface area contributed by atoms with Crippen molar-refractivity contribution in [3.05, 3.63) is 36.1 Å². The molecule has 0 radical (unpaired) electrons. The maximum atomic E-state index is 11.0. The molecule has 1 aromatic heterocycles. The zero-order valence-corrected chi connectivity index (χ0v) is 9.63. The summed E-state index contributed by atoms with van der Waals surface area (Å²) >= 11 is 0. The Morgan fingerprint density at radius 2 is 2.06 bits per heavy atom. The molecule has 2 aromatic rings. The number of rotatable bonds is 5. The van der Waals surface area contributed by atoms with Gasteiger partial charge in [-0.2, -0.15) is 0 Å². The summed E-state index contributed by atoms with van der Waals surface area (Å²) in [5, 5.41) is 9.73. The molecule has 0 aliphatic heterocycles. The molecule has 5 nitrogen and oxygen atoms in total. The molecule has 1 amide bonds. The fraction of sp³-hybridized carbons (Fsp3) is 0.231. The number of hydrogen-bond donors (Lipinski definition) is 2. The van der Waals surface area contributed by atoms with E-state index in [-0.39, 0.29) is 12.8 Å². The first-order chi connectivity index (χ1) is 8.58. The smallest absolute Gasteiger partial charge is 0.303 e. The summed E-state index contributed by atoms with van der Waals surface area (Å²) in [6, 6.07) is 7.13. The Kier molecular flexibility index (Phi) is 3.32. The fourth-order valence-electron chi connectivity index (χ4n) is 2.12. The van der Waals surface area contributed by atoms with Gasteiger partial charge in [0.05, 0.1) is 12.7 Å². The SMILES string of the molecule is NC(=O)CC(CC(=O)O)c1cccc2occc12. The first-order valence-corrected chi connectivity index (χ1v) is 5.54. The molecule has 0 saturated carbocycles. The first-order valence-electron chi connectivity index (χ1n) is 5.54. The average molecular weight is 247 g/mol. The molecule has 0 saturated heterocycles. The van der Waals surface area contributed by atoms with Crippen LogP contribution in [-0.2, 0) is 9.59 Å². The minimum atomic E-state index is -0.957. The molecule has 1 atom stereocenters. The second kappa shape index (κ2) is 4.91. The number of primary amides is 1. The normalized spacial score (nSPS) is 12.4. The lowest BCUT2D eigenvalue weighted by molar-refractivity contribution is -0.137. The molecule has 94 valence electrons. The maximum absolute atomic E-state index is 11.0. The summed E-state index contributed by atoms with van der Waals surface area (Å²) in [5.41, 5.74) is 6.62. The van der Waals surface area contributed by atoms with Crippen LogP contribution in [0, 0.1) is 0 Å². The number of carboxylic acid groups (broad SMARTS) is 1. The lowest BCUT2D eigenvalue weighted by Crippen LogP contribution is -2.17. The summed E-state index contributed by atoms with van der Waals surface area (Å²) in [4.78, 5) is 21.9. The quantitative estimate of drug-likeness (QED) is 0.843. The Bertz CT molecular complexity index is 571. The van der Waals surface area contributed by atoms with Gasteiger partial charge in [-0.3, -0.25) is 9.59 Å². The molecule has 2 rings (SSSR count). The molecule has 3 N–H and O–H groups in total. The van der Waals surface area contributed by atoms with Gasteiger partial charge in [0.15, 0.2) is 0 Å². The predicted molar refractivity (Wildman–Crippen MR) is 65.0 cm³/mol. The summed E-state index contributed by atoms with van der Waals surface area (Å²) < 4.78 is 5.26. The van der Waals surface area contributed by atoms with Crippen LogP contribution in [0.5, 0.6) is 0 Å². The maximum Gasteiger partial charge on any atom is 0.303 e. The van der Waals surface area contributed by atoms with Crippen molar-refractivity contribution in [2.24, 2.45) is 5.73 Å². The van der Waals surface area contributed by atoms with Gasteiger partial charge in [-0.05, 0) is 17.7 Å². The van der Waals surface area contributed by atoms with E-state index in [0.717, 1.165) is 10.9 Å². The van der Waals surface area contributed by atoms with Crippen LogP contribution < -0.4 is 5.73 Å². The number of hydrogen-bond acceptors (Lipinski definition) is 3. The van der Waals surface area contributed by atoms with Gasteiger partial charge in [0, 0.05) is 17.7 Å². The van der Waals surface area contributed by atoms with Gasteiger partial charge in [-0.1, -0.05) is 12.1 Å². The van der Waals surface area contributed by atoms with E-state index in [1.807, 2.05) is 0 Å². The van der Waals surface area contributed by atoms with Crippen LogP contribution in [0.15, 0.2) is 34.9 Å². The molecular weight excluding hydrogens is 234 g/mol. The number of carbonyl (C=O) groups is 2. The highest BCUT2D eigenvalue weighted by atomic mass is 16.4. The molecule has 1 unspecified atom stereocenters. The number of fused-ring (bicyclic) bond motifs is 1. The number of furan rings is 1. The molecule has 1 aromatic carbocycles. The van der Waals surface area contributed by atoms with Crippen LogP contribution >= 0.6 is 0 Å². The highest BCUT2D eigenvalue weighted by Gasteiger charge is 2.20. The molecule has 0 bridgehead atoms. The highest BCUT2D eigenvalue weighted by molar-refractivity contribution is 5.84. The minimum Gasteiger partial charge on any atom is -0.481 e. The van der Waals surface area contributed by atoms with E-state index in [1.54, 1.807) is 24.3 Å². The molecule has 5 heteroatoms. The van der Waals surface area contributed by atoms with Gasteiger partial charge in [0.1, 0.15) is 5.58 Å². The largest absolute Gasteiger partial charge is 0.481 e. The third kappa shape index (κ3) is 2.51. The molecule has 18 heavy (non-hydrogen) atoms. The molecular formula is C13H13NO4. The van der Waals surface area contributed by atoms with E-state index in [9.17, 15) is 9.59 Å². The van der Waals surface area contributed by atoms with Gasteiger partial charge in [0.2, 0.25) is 5.91 Å². The Hall–Kier alpha value is -2.30. The Morgan fingerprint density at radius 3 is 2.72 bits per heavy atom. The standard InChI is InChI=1S/C13H13NO4/c14-12(15)6-8(7-13(16)17)9-2-1-3-11-10(9)4-5-18-11/h1-5,8H,6-7H2,(H2,14,15)(H,16,17). The van der Waals surface area contributed by atoms with E-state index in [2.05, 4.69) is 0 Å². The Morgan fingerprint density at radius 1 is 1.28 bits per heavy atom. The van der Waals surface area contributed by atoms with E-state index < -0.39 is 17.8 Å². The Balaban J connectivity index is 2.42. The van der Waals surface area contributed by atoms with E-state index >= 15 is 0 Å². The number of benzene rings is 1. The predicted octanol–water partition coefficient (Wildman–Crippen LogP) is 1.87. The van der Waals surface area contributed by atoms with Gasteiger partial charge >= 0.3 is 5.97 Å². The lowest BCUT2D eigenvalue weighted by Gasteiger charge is -2.14. The van der Waals surface area contributed by atoms with Crippen LogP contribution in [0.1, 0.15) is 24.3 Å². The van der Waals surface area contributed by atoms with Crippen molar-refractivity contribution in [2.45, 2.75) is 18.8 Å². The molecule has 0 aliphatic carbocycles. The lowest BCUT2D eigenvalue weighted by atomic mass is 9.90. The van der Waals surface area contributed by atoms with Crippen LogP contribution in [-0.4, -0.2) is 17.0 Å². The monoisotopic (exact) mass is 247 g/mol. The van der Waals surface area contributed by atoms with Crippen LogP contribution in [0.25, 0.3) is 11.0 Å². The van der Waals surface area contributed by atoms with Gasteiger partial charge in [-0.25, -0.2) is 0 Å². The van der Waals surface area contributed by atoms with Gasteiger partial charge in [-0.15, -0.1) is 0 Å². The summed E-state index contributed by atoms with van der Waals surface area (Å²) in [7, 11) is 0. The second-order valence-corrected chi connectivity index (χ2v) is 4.14. The summed E-state index contributed by atoms with van der Waals surface area (Å²) in [6.07, 6.45) is 1.42. The number of carboxylic acids is 1. The van der Waals surface area contributed by atoms with Crippen LogP contribution in [0.2, 0.25) is 0 Å². The van der Waals surface area contributed by atoms with Gasteiger partial charge in [0.25, 0.3) is 0 Å². The number of aliphatic carboxylic acids is 1. The summed E-state index contributed by atoms with van der Waals surface area (Å²) in [6.45, 7) is 0. The van der Waals surface area contributed by atoms with Crippen molar-refractivity contribution in [1.82, 2.24) is 0 Å². The molecule has 0 spiro atoms. The van der Waals surface area contributed by atoms with Crippen molar-refractivity contribution >= 4 is 22.8 Å². The number of amides is 1. The zero-order valence-electron chi connectivity index (χ0n) is 9.63. The van der Waals surface area contributed by atoms with Crippen molar-refractivity contribution in [3.8, 4) is 0 Å². The van der Waals surface area contributed by atoms with E-state index in [0.29, 0.717) is 5.58 Å². The molecule has 0 fully saturated rings. The summed E-state index contributed by atoms with van der Waals surface area (Å²) in [5.74, 6) is -1.90. The number of nitrogens with two attached hydrogens (primary N) is 1. The van der Waals surface area contributed by atoms with Crippen molar-refractivity contribution < 1.29 is 19.1 Å². The second-order valence-electron chi connectivity index (χ2n) is 4.14. The molecule has 1 heterocycles. The number of carbonyl (C=O) groups excluding carboxylic acids is 1. The fourth-order valence-corrected chi connectivity index (χ4v) is 2.12. The van der Waals surface area contributed by atoms with Crippen LogP contribution in [0.4, 0.5) is 0 Å². The van der Waals surface area contributed by atoms with Crippen molar-refractivity contribution in [3.63, 3.8) is 0 Å². The third-order valence-corrected chi connectivity index (χ3v) is 2.84. The Labute approximate surface area is 103 Å². The third-order valence-electron chi connectivity index (χ3n) is 2.84. The van der Waals surface area contributed by atoms with Crippen molar-refractivity contribution in [2.75, 3.05) is 0 Å². The van der Waals surface area contributed by atoms with E-state index in [4.69, 9.17) is 15.3 Å². The highest BCUT2D eigenvalue weighted by Crippen LogP contribution is 2.30. The minimum absolute atomic E-state index is 0.0105. The molecule has 0 aliphatic rings. The van der Waals surface area contributed by atoms with Gasteiger partial charge < -0.3 is 15.3 Å². The average Bonchev–Trinajstić information content (AvgIpc) is 2.74. The van der Waals surface area contributed by atoms with E-state index in [1.165, 1.54) is 6.26 Å². The topological polar surface area (TPSA) is 93.5 Å².